The molecule has 0 unspecified atom stereocenters. The Balaban J connectivity index is 3.31. The first-order valence-corrected chi connectivity index (χ1v) is 7.30. The number of benzene rings is 1. The summed E-state index contributed by atoms with van der Waals surface area (Å²) in [7, 11) is 0. The molecule has 0 bridgehead atoms. The van der Waals surface area contributed by atoms with Gasteiger partial charge in [0.1, 0.15) is 0 Å². The van der Waals surface area contributed by atoms with Gasteiger partial charge in [-0.3, -0.25) is 0 Å². The van der Waals surface area contributed by atoms with Gasteiger partial charge in [-0.15, -0.1) is 0 Å². The van der Waals surface area contributed by atoms with E-state index in [4.69, 9.17) is 0 Å². The van der Waals surface area contributed by atoms with Crippen LogP contribution >= 0.6 is 15.9 Å². The van der Waals surface area contributed by atoms with E-state index in [0.29, 0.717) is 0 Å². The lowest BCUT2D eigenvalue weighted by atomic mass is 9.87. The Morgan fingerprint density at radius 3 is 1.88 bits per heavy atom. The molecule has 16 heavy (non-hydrogen) atoms. The first-order valence-electron chi connectivity index (χ1n) is 6.18. The molecule has 1 rings (SSSR count). The summed E-state index contributed by atoms with van der Waals surface area (Å²) < 4.78 is 0. The number of rotatable bonds is 4. The summed E-state index contributed by atoms with van der Waals surface area (Å²) in [5, 5.41) is 0.977. The smallest absolute Gasteiger partial charge is 0.0288 e. The second-order valence-electron chi connectivity index (χ2n) is 4.69. The maximum absolute atomic E-state index is 3.62. The molecule has 0 aromatic heterocycles. The Kier molecular flexibility index (Phi) is 5.04. The zero-order valence-electron chi connectivity index (χ0n) is 11.2. The van der Waals surface area contributed by atoms with Gasteiger partial charge in [0.15, 0.2) is 0 Å². The fraction of sp³-hybridized carbons (Fsp3) is 0.600. The van der Waals surface area contributed by atoms with E-state index in [1.807, 2.05) is 0 Å². The molecule has 0 saturated heterocycles. The van der Waals surface area contributed by atoms with E-state index in [2.05, 4.69) is 50.5 Å². The van der Waals surface area contributed by atoms with E-state index >= 15 is 0 Å². The standard InChI is InChI=1S/C15H23Br/c1-6-7-8-14-11(3)10(2)12(4)15(9-16)13(14)5/h6-9H2,1-5H3. The Hall–Kier alpha value is -0.300. The molecule has 1 aromatic rings. The van der Waals surface area contributed by atoms with Crippen molar-refractivity contribution in [2.45, 2.75) is 59.2 Å². The molecule has 0 radical (unpaired) electrons. The van der Waals surface area contributed by atoms with E-state index in [0.717, 1.165) is 5.33 Å². The molecule has 0 nitrogen and oxygen atoms in total. The molecule has 0 atom stereocenters. The number of alkyl halides is 1. The topological polar surface area (TPSA) is 0 Å². The van der Waals surface area contributed by atoms with Crippen LogP contribution in [0, 0.1) is 27.7 Å². The van der Waals surface area contributed by atoms with Gasteiger partial charge in [0.2, 0.25) is 0 Å². The monoisotopic (exact) mass is 282 g/mol. The summed E-state index contributed by atoms with van der Waals surface area (Å²) in [5.74, 6) is 0. The number of unbranched alkanes of at least 4 members (excludes halogenated alkanes) is 1. The summed E-state index contributed by atoms with van der Waals surface area (Å²) in [6.07, 6.45) is 3.80. The number of halogens is 1. The Morgan fingerprint density at radius 1 is 0.812 bits per heavy atom. The summed E-state index contributed by atoms with van der Waals surface area (Å²) in [6, 6.07) is 0. The van der Waals surface area contributed by atoms with Crippen molar-refractivity contribution in [1.82, 2.24) is 0 Å². The van der Waals surface area contributed by atoms with Crippen LogP contribution in [0.15, 0.2) is 0 Å². The summed E-state index contributed by atoms with van der Waals surface area (Å²) in [4.78, 5) is 0. The van der Waals surface area contributed by atoms with Crippen LogP contribution in [-0.2, 0) is 11.8 Å². The van der Waals surface area contributed by atoms with Crippen LogP contribution in [0.3, 0.4) is 0 Å². The molecule has 0 spiro atoms. The molecular formula is C15H23Br. The molecule has 0 saturated carbocycles. The van der Waals surface area contributed by atoms with E-state index in [1.165, 1.54) is 47.1 Å². The normalized spacial score (nSPS) is 10.9. The summed E-state index contributed by atoms with van der Waals surface area (Å²) in [5.41, 5.74) is 9.03. The summed E-state index contributed by atoms with van der Waals surface area (Å²) in [6.45, 7) is 11.3. The highest BCUT2D eigenvalue weighted by molar-refractivity contribution is 9.08. The Morgan fingerprint density at radius 2 is 1.38 bits per heavy atom. The van der Waals surface area contributed by atoms with Gasteiger partial charge in [-0.1, -0.05) is 29.3 Å². The highest BCUT2D eigenvalue weighted by atomic mass is 79.9. The van der Waals surface area contributed by atoms with E-state index in [1.54, 1.807) is 5.56 Å². The average Bonchev–Trinajstić information content (AvgIpc) is 2.27. The number of hydrogen-bond donors (Lipinski definition) is 0. The average molecular weight is 283 g/mol. The van der Waals surface area contributed by atoms with Crippen molar-refractivity contribution in [3.63, 3.8) is 0 Å². The number of hydrogen-bond acceptors (Lipinski definition) is 0. The van der Waals surface area contributed by atoms with Crippen LogP contribution in [-0.4, -0.2) is 0 Å². The second-order valence-corrected chi connectivity index (χ2v) is 5.26. The van der Waals surface area contributed by atoms with Gasteiger partial charge in [0.05, 0.1) is 0 Å². The Bertz CT molecular complexity index is 378. The van der Waals surface area contributed by atoms with Crippen LogP contribution in [0.2, 0.25) is 0 Å². The lowest BCUT2D eigenvalue weighted by Gasteiger charge is -2.19. The third-order valence-electron chi connectivity index (χ3n) is 3.85. The SMILES string of the molecule is CCCCc1c(C)c(C)c(C)c(CBr)c1C. The van der Waals surface area contributed by atoms with Crippen molar-refractivity contribution < 1.29 is 0 Å². The van der Waals surface area contributed by atoms with Gasteiger partial charge in [-0.05, 0) is 73.9 Å². The van der Waals surface area contributed by atoms with E-state index in [9.17, 15) is 0 Å². The van der Waals surface area contributed by atoms with Crippen LogP contribution in [0.4, 0.5) is 0 Å². The second kappa shape index (κ2) is 5.86. The molecule has 0 fully saturated rings. The molecule has 0 aliphatic heterocycles. The highest BCUT2D eigenvalue weighted by Gasteiger charge is 2.13. The fourth-order valence-corrected chi connectivity index (χ4v) is 3.25. The molecule has 0 aliphatic rings. The van der Waals surface area contributed by atoms with Crippen molar-refractivity contribution in [2.24, 2.45) is 0 Å². The van der Waals surface area contributed by atoms with Gasteiger partial charge in [0.25, 0.3) is 0 Å². The lowest BCUT2D eigenvalue weighted by Crippen LogP contribution is -2.04. The van der Waals surface area contributed by atoms with Gasteiger partial charge in [0, 0.05) is 5.33 Å². The molecule has 0 N–H and O–H groups in total. The predicted octanol–water partition coefficient (Wildman–Crippen LogP) is 5.16. The van der Waals surface area contributed by atoms with Crippen molar-refractivity contribution in [3.05, 3.63) is 33.4 Å². The third kappa shape index (κ3) is 2.51. The quantitative estimate of drug-likeness (QED) is 0.670. The van der Waals surface area contributed by atoms with Crippen LogP contribution in [0.25, 0.3) is 0 Å². The highest BCUT2D eigenvalue weighted by Crippen LogP contribution is 2.29. The van der Waals surface area contributed by atoms with Crippen LogP contribution in [0.5, 0.6) is 0 Å². The molecular weight excluding hydrogens is 260 g/mol. The first-order chi connectivity index (χ1) is 7.54. The van der Waals surface area contributed by atoms with Crippen molar-refractivity contribution >= 4 is 15.9 Å². The zero-order chi connectivity index (χ0) is 12.3. The zero-order valence-corrected chi connectivity index (χ0v) is 12.8. The van der Waals surface area contributed by atoms with Gasteiger partial charge >= 0.3 is 0 Å². The van der Waals surface area contributed by atoms with Crippen molar-refractivity contribution in [2.75, 3.05) is 0 Å². The molecule has 1 aromatic carbocycles. The van der Waals surface area contributed by atoms with Gasteiger partial charge in [-0.2, -0.15) is 0 Å². The van der Waals surface area contributed by atoms with Gasteiger partial charge < -0.3 is 0 Å². The lowest BCUT2D eigenvalue weighted by molar-refractivity contribution is 0.784. The van der Waals surface area contributed by atoms with Crippen LogP contribution < -0.4 is 0 Å². The third-order valence-corrected chi connectivity index (χ3v) is 4.41. The molecule has 0 heterocycles. The minimum atomic E-state index is 0.977. The minimum absolute atomic E-state index is 0.977. The maximum atomic E-state index is 3.62. The largest absolute Gasteiger partial charge is 0.0876 e. The molecule has 0 amide bonds. The first kappa shape index (κ1) is 13.8. The molecule has 90 valence electrons. The van der Waals surface area contributed by atoms with E-state index in [-0.39, 0.29) is 0 Å². The maximum Gasteiger partial charge on any atom is 0.0288 e. The fourth-order valence-electron chi connectivity index (χ4n) is 2.41. The minimum Gasteiger partial charge on any atom is -0.0876 e. The van der Waals surface area contributed by atoms with Gasteiger partial charge in [-0.25, -0.2) is 0 Å². The predicted molar refractivity (Wildman–Crippen MR) is 76.6 cm³/mol. The Labute approximate surface area is 109 Å². The molecule has 1 heteroatoms. The summed E-state index contributed by atoms with van der Waals surface area (Å²) >= 11 is 3.62. The van der Waals surface area contributed by atoms with E-state index < -0.39 is 0 Å². The van der Waals surface area contributed by atoms with Crippen molar-refractivity contribution in [1.29, 1.82) is 0 Å². The van der Waals surface area contributed by atoms with Crippen LogP contribution in [0.1, 0.15) is 53.1 Å². The van der Waals surface area contributed by atoms with Crippen molar-refractivity contribution in [3.8, 4) is 0 Å². The molecule has 0 aliphatic carbocycles.